The molecule has 50 heavy (non-hydrogen) atoms. The van der Waals surface area contributed by atoms with Crippen LogP contribution in [0.1, 0.15) is 93.4 Å². The van der Waals surface area contributed by atoms with Crippen molar-refractivity contribution in [2.24, 2.45) is 0 Å². The lowest BCUT2D eigenvalue weighted by atomic mass is 10.0. The Balaban J connectivity index is 0. The Kier molecular flexibility index (Phi) is 31.8. The van der Waals surface area contributed by atoms with E-state index >= 15 is 0 Å². The first-order valence-corrected chi connectivity index (χ1v) is 18.7. The number of esters is 1. The van der Waals surface area contributed by atoms with E-state index in [1.165, 1.54) is 19.2 Å². The highest BCUT2D eigenvalue weighted by molar-refractivity contribution is 14.1. The van der Waals surface area contributed by atoms with Crippen molar-refractivity contribution in [3.63, 3.8) is 0 Å². The number of benzene rings is 2. The molecule has 284 valence electrons. The highest BCUT2D eigenvalue weighted by Crippen LogP contribution is 2.16. The SMILES string of the molecule is C.CCCCC[C@H](NC(=O)c1cccc(OCCF)c1)C(=O)CCl.CCCCC[C@H](NC(=O)c1cccc(OCCF)c1)C(=O)OC.ClCI. The summed E-state index contributed by atoms with van der Waals surface area (Å²) in [6.45, 7) is 2.81. The van der Waals surface area contributed by atoms with Gasteiger partial charge in [0.2, 0.25) is 0 Å². The number of rotatable bonds is 21. The highest BCUT2D eigenvalue weighted by atomic mass is 127. The van der Waals surface area contributed by atoms with E-state index in [-0.39, 0.29) is 44.1 Å². The van der Waals surface area contributed by atoms with Gasteiger partial charge in [0.25, 0.3) is 11.8 Å². The number of unbranched alkanes of at least 4 members (excludes halogenated alkanes) is 4. The zero-order chi connectivity index (χ0) is 36.9. The average molecular weight is 862 g/mol. The molecular weight excluding hydrogens is 808 g/mol. The van der Waals surface area contributed by atoms with Gasteiger partial charge in [0.15, 0.2) is 5.78 Å². The van der Waals surface area contributed by atoms with E-state index in [9.17, 15) is 28.0 Å². The van der Waals surface area contributed by atoms with Crippen LogP contribution in [-0.4, -0.2) is 79.1 Å². The molecule has 0 aliphatic rings. The smallest absolute Gasteiger partial charge is 0.328 e. The first-order chi connectivity index (χ1) is 23.6. The number of nitrogens with one attached hydrogen (secondary N) is 2. The second-order valence-electron chi connectivity index (χ2n) is 10.4. The van der Waals surface area contributed by atoms with Crippen LogP contribution in [0.3, 0.4) is 0 Å². The van der Waals surface area contributed by atoms with Crippen molar-refractivity contribution >= 4 is 69.4 Å². The van der Waals surface area contributed by atoms with Gasteiger partial charge in [0.1, 0.15) is 44.1 Å². The van der Waals surface area contributed by atoms with E-state index < -0.39 is 31.4 Å². The van der Waals surface area contributed by atoms with Gasteiger partial charge in [0, 0.05) is 11.1 Å². The molecule has 14 heteroatoms. The maximum Gasteiger partial charge on any atom is 0.328 e. The largest absolute Gasteiger partial charge is 0.491 e. The molecule has 0 unspecified atom stereocenters. The number of halogens is 5. The molecule has 2 atom stereocenters. The zero-order valence-corrected chi connectivity index (χ0v) is 32.1. The summed E-state index contributed by atoms with van der Waals surface area (Å²) in [6, 6.07) is 11.6. The number of carbonyl (C=O) groups excluding carboxylic acids is 4. The molecule has 2 aromatic rings. The fourth-order valence-corrected chi connectivity index (χ4v) is 4.43. The summed E-state index contributed by atoms with van der Waals surface area (Å²) in [4.78, 5) is 48.2. The summed E-state index contributed by atoms with van der Waals surface area (Å²) in [5.74, 6) is -0.701. The molecule has 0 aromatic heterocycles. The third-order valence-electron chi connectivity index (χ3n) is 6.69. The molecule has 0 bridgehead atoms. The Morgan fingerprint density at radius 2 is 1.18 bits per heavy atom. The molecule has 0 radical (unpaired) electrons. The summed E-state index contributed by atoms with van der Waals surface area (Å²) < 4.78 is 40.0. The number of hydrogen-bond acceptors (Lipinski definition) is 7. The van der Waals surface area contributed by atoms with Gasteiger partial charge in [0.05, 0.1) is 22.9 Å². The number of ether oxygens (including phenoxy) is 3. The van der Waals surface area contributed by atoms with Gasteiger partial charge < -0.3 is 24.8 Å². The van der Waals surface area contributed by atoms with E-state index in [1.807, 2.05) is 0 Å². The molecule has 2 rings (SSSR count). The fourth-order valence-electron chi connectivity index (χ4n) is 4.25. The second-order valence-corrected chi connectivity index (χ2v) is 12.6. The predicted octanol–water partition coefficient (Wildman–Crippen LogP) is 8.66. The Bertz CT molecular complexity index is 1140. The molecule has 0 saturated heterocycles. The monoisotopic (exact) mass is 860 g/mol. The molecule has 9 nitrogen and oxygen atoms in total. The number of amides is 2. The van der Waals surface area contributed by atoms with Crippen molar-refractivity contribution in [2.75, 3.05) is 43.4 Å². The number of Topliss-reactive ketones (excluding diaryl/α,β-unsaturated/α-hetero) is 1. The van der Waals surface area contributed by atoms with E-state index in [0.29, 0.717) is 39.4 Å². The van der Waals surface area contributed by atoms with E-state index in [2.05, 4.69) is 47.1 Å². The van der Waals surface area contributed by atoms with Crippen LogP contribution in [0.2, 0.25) is 0 Å². The predicted molar refractivity (Wildman–Crippen MR) is 206 cm³/mol. The molecule has 0 spiro atoms. The number of hydrogen-bond donors (Lipinski definition) is 2. The Labute approximate surface area is 320 Å². The Morgan fingerprint density at radius 3 is 1.56 bits per heavy atom. The van der Waals surface area contributed by atoms with Crippen LogP contribution >= 0.6 is 45.8 Å². The third kappa shape index (κ3) is 22.2. The van der Waals surface area contributed by atoms with Gasteiger partial charge in [-0.15, -0.1) is 23.2 Å². The van der Waals surface area contributed by atoms with Crippen LogP contribution in [0.5, 0.6) is 11.5 Å². The third-order valence-corrected chi connectivity index (χ3v) is 6.96. The van der Waals surface area contributed by atoms with Gasteiger partial charge >= 0.3 is 5.97 Å². The van der Waals surface area contributed by atoms with Crippen molar-refractivity contribution in [3.05, 3.63) is 59.7 Å². The topological polar surface area (TPSA) is 120 Å². The average Bonchev–Trinajstić information content (AvgIpc) is 3.12. The minimum Gasteiger partial charge on any atom is -0.491 e. The lowest BCUT2D eigenvalue weighted by Gasteiger charge is -2.17. The summed E-state index contributed by atoms with van der Waals surface area (Å²) in [7, 11) is 1.30. The molecular formula is C36H53Cl2F2IN2O7. The van der Waals surface area contributed by atoms with E-state index in [4.69, 9.17) is 37.4 Å². The van der Waals surface area contributed by atoms with E-state index in [0.717, 1.165) is 38.5 Å². The molecule has 0 aliphatic carbocycles. The minimum absolute atomic E-state index is 0. The summed E-state index contributed by atoms with van der Waals surface area (Å²) in [5, 5.41) is 5.41. The Hall–Kier alpha value is -2.71. The first-order valence-electron chi connectivity index (χ1n) is 16.1. The minimum atomic E-state index is -0.672. The standard InChI is InChI=1S/C17H23ClFNO3.C17H24FNO4.CH2ClI.CH4/c1-2-3-4-8-15(16(21)12-18)20-17(22)13-6-5-7-14(11-13)23-10-9-19;1-3-4-5-9-15(17(21)22-2)19-16(20)13-7-6-8-14(12-13)23-11-10-18;2-1-3;/h5-7,11,15H,2-4,8-10,12H2,1H3,(H,20,22);6-8,12,15H,3-5,9-11H2,1-2H3,(H,19,20);1H2;1H4/t2*15-;;/m00../s1. The maximum atomic E-state index is 12.3. The van der Waals surface area contributed by atoms with Crippen LogP contribution in [0.15, 0.2) is 48.5 Å². The van der Waals surface area contributed by atoms with Crippen LogP contribution in [0.4, 0.5) is 8.78 Å². The van der Waals surface area contributed by atoms with Crippen molar-refractivity contribution in [3.8, 4) is 11.5 Å². The Morgan fingerprint density at radius 1 is 0.760 bits per heavy atom. The van der Waals surface area contributed by atoms with Crippen LogP contribution in [-0.2, 0) is 14.3 Å². The van der Waals surface area contributed by atoms with Crippen LogP contribution < -0.4 is 20.1 Å². The van der Waals surface area contributed by atoms with Gasteiger partial charge in [-0.3, -0.25) is 14.4 Å². The van der Waals surface area contributed by atoms with Gasteiger partial charge in [-0.05, 0) is 49.2 Å². The van der Waals surface area contributed by atoms with Crippen molar-refractivity contribution in [1.82, 2.24) is 10.6 Å². The molecule has 0 fully saturated rings. The highest BCUT2D eigenvalue weighted by Gasteiger charge is 2.22. The van der Waals surface area contributed by atoms with Crippen LogP contribution in [0.25, 0.3) is 0 Å². The molecule has 0 aliphatic heterocycles. The van der Waals surface area contributed by atoms with Gasteiger partial charge in [-0.2, -0.15) is 0 Å². The molecule has 2 aromatic carbocycles. The quantitative estimate of drug-likeness (QED) is 0.0558. The van der Waals surface area contributed by atoms with Crippen molar-refractivity contribution in [2.45, 2.75) is 84.7 Å². The lowest BCUT2D eigenvalue weighted by molar-refractivity contribution is -0.143. The number of alkyl halides is 5. The maximum absolute atomic E-state index is 12.3. The summed E-state index contributed by atoms with van der Waals surface area (Å²) in [5.41, 5.74) is 0.718. The second kappa shape index (κ2) is 32.2. The van der Waals surface area contributed by atoms with Crippen molar-refractivity contribution < 1.29 is 42.2 Å². The number of methoxy groups -OCH3 is 1. The normalized spacial score (nSPS) is 11.1. The van der Waals surface area contributed by atoms with Crippen molar-refractivity contribution in [1.29, 1.82) is 0 Å². The lowest BCUT2D eigenvalue weighted by Crippen LogP contribution is -2.41. The number of ketones is 1. The van der Waals surface area contributed by atoms with E-state index in [1.54, 1.807) is 36.4 Å². The summed E-state index contributed by atoms with van der Waals surface area (Å²) >= 11 is 12.7. The van der Waals surface area contributed by atoms with Gasteiger partial charge in [-0.25, -0.2) is 13.6 Å². The zero-order valence-electron chi connectivity index (χ0n) is 28.4. The van der Waals surface area contributed by atoms with Crippen LogP contribution in [0, 0.1) is 0 Å². The molecule has 2 N–H and O–H groups in total. The summed E-state index contributed by atoms with van der Waals surface area (Å²) in [6.07, 6.45) is 6.82. The number of carbonyl (C=O) groups is 4. The molecule has 0 saturated carbocycles. The fraction of sp³-hybridized carbons (Fsp3) is 0.556. The van der Waals surface area contributed by atoms with Gasteiger partial charge in [-0.1, -0.05) is 94.5 Å². The first kappa shape index (κ1) is 49.4. The molecule has 0 heterocycles. The molecule has 2 amide bonds.